The second-order valence-electron chi connectivity index (χ2n) is 3.48. The van der Waals surface area contributed by atoms with Gasteiger partial charge in [-0.15, -0.1) is 0 Å². The van der Waals surface area contributed by atoms with E-state index in [-0.39, 0.29) is 17.2 Å². The quantitative estimate of drug-likeness (QED) is 0.842. The first kappa shape index (κ1) is 12.1. The van der Waals surface area contributed by atoms with Gasteiger partial charge in [-0.3, -0.25) is 4.79 Å². The monoisotopic (exact) mass is 229 g/mol. The Morgan fingerprint density at radius 1 is 1.60 bits per heavy atom. The van der Waals surface area contributed by atoms with Crippen molar-refractivity contribution in [1.82, 2.24) is 5.32 Å². The van der Waals surface area contributed by atoms with E-state index in [1.165, 1.54) is 6.26 Å². The summed E-state index contributed by atoms with van der Waals surface area (Å²) in [6.45, 7) is 4.15. The van der Waals surface area contributed by atoms with E-state index in [0.29, 0.717) is 5.56 Å². The van der Waals surface area contributed by atoms with E-state index in [1.54, 1.807) is 6.07 Å². The van der Waals surface area contributed by atoms with Crippen molar-refractivity contribution < 1.29 is 9.21 Å². The van der Waals surface area contributed by atoms with Crippen LogP contribution >= 0.6 is 11.6 Å². The topological polar surface area (TPSA) is 42.2 Å². The second kappa shape index (κ2) is 5.81. The molecule has 1 aromatic heterocycles. The van der Waals surface area contributed by atoms with Crippen molar-refractivity contribution in [3.8, 4) is 0 Å². The van der Waals surface area contributed by atoms with Crippen molar-refractivity contribution in [2.24, 2.45) is 0 Å². The third-order valence-corrected chi connectivity index (χ3v) is 2.62. The van der Waals surface area contributed by atoms with Gasteiger partial charge in [0.1, 0.15) is 0 Å². The lowest BCUT2D eigenvalue weighted by molar-refractivity contribution is 0.0933. The minimum Gasteiger partial charge on any atom is -0.452 e. The standard InChI is InChI=1S/C11H16ClNO2/c1-3-5-8(4-2)13-11(14)9-6-7-15-10(9)12/h6-8H,3-5H2,1-2H3,(H,13,14). The summed E-state index contributed by atoms with van der Waals surface area (Å²) in [4.78, 5) is 11.7. The fourth-order valence-corrected chi connectivity index (χ4v) is 1.65. The Balaban J connectivity index is 2.58. The normalized spacial score (nSPS) is 12.5. The fourth-order valence-electron chi connectivity index (χ4n) is 1.45. The molecule has 84 valence electrons. The van der Waals surface area contributed by atoms with Gasteiger partial charge in [0.25, 0.3) is 5.91 Å². The van der Waals surface area contributed by atoms with Gasteiger partial charge in [0.15, 0.2) is 0 Å². The molecule has 0 aliphatic rings. The molecule has 3 nitrogen and oxygen atoms in total. The Hall–Kier alpha value is -0.960. The van der Waals surface area contributed by atoms with Crippen molar-refractivity contribution in [2.75, 3.05) is 0 Å². The van der Waals surface area contributed by atoms with Gasteiger partial charge in [-0.05, 0) is 30.5 Å². The Kier molecular flexibility index (Phi) is 4.69. The lowest BCUT2D eigenvalue weighted by atomic mass is 10.1. The predicted octanol–water partition coefficient (Wildman–Crippen LogP) is 3.24. The van der Waals surface area contributed by atoms with E-state index in [1.807, 2.05) is 0 Å². The molecule has 0 bridgehead atoms. The highest BCUT2D eigenvalue weighted by Gasteiger charge is 2.15. The zero-order valence-corrected chi connectivity index (χ0v) is 9.80. The number of furan rings is 1. The lowest BCUT2D eigenvalue weighted by Gasteiger charge is -2.15. The molecular weight excluding hydrogens is 214 g/mol. The highest BCUT2D eigenvalue weighted by molar-refractivity contribution is 6.32. The van der Waals surface area contributed by atoms with Crippen LogP contribution in [0.3, 0.4) is 0 Å². The zero-order valence-electron chi connectivity index (χ0n) is 9.05. The number of halogens is 1. The van der Waals surface area contributed by atoms with Crippen molar-refractivity contribution in [3.63, 3.8) is 0 Å². The highest BCUT2D eigenvalue weighted by Crippen LogP contribution is 2.16. The van der Waals surface area contributed by atoms with Crippen LogP contribution in [0.4, 0.5) is 0 Å². The molecule has 1 amide bonds. The summed E-state index contributed by atoms with van der Waals surface area (Å²) < 4.78 is 4.87. The third-order valence-electron chi connectivity index (χ3n) is 2.33. The molecule has 0 aliphatic heterocycles. The van der Waals surface area contributed by atoms with Crippen molar-refractivity contribution in [1.29, 1.82) is 0 Å². The maximum absolute atomic E-state index is 11.7. The molecule has 4 heteroatoms. The van der Waals surface area contributed by atoms with Gasteiger partial charge in [0.2, 0.25) is 5.22 Å². The lowest BCUT2D eigenvalue weighted by Crippen LogP contribution is -2.34. The molecule has 1 unspecified atom stereocenters. The summed E-state index contributed by atoms with van der Waals surface area (Å²) in [6, 6.07) is 1.80. The van der Waals surface area contributed by atoms with Gasteiger partial charge in [-0.2, -0.15) is 0 Å². The van der Waals surface area contributed by atoms with Gasteiger partial charge in [-0.1, -0.05) is 20.3 Å². The van der Waals surface area contributed by atoms with E-state index in [2.05, 4.69) is 19.2 Å². The van der Waals surface area contributed by atoms with Crippen LogP contribution < -0.4 is 5.32 Å². The molecule has 1 aromatic rings. The van der Waals surface area contributed by atoms with Gasteiger partial charge in [0, 0.05) is 6.04 Å². The minimum absolute atomic E-state index is 0.152. The average molecular weight is 230 g/mol. The van der Waals surface area contributed by atoms with E-state index in [4.69, 9.17) is 16.0 Å². The first-order valence-corrected chi connectivity index (χ1v) is 5.60. The Labute approximate surface area is 94.8 Å². The molecule has 0 radical (unpaired) electrons. The number of hydrogen-bond donors (Lipinski definition) is 1. The summed E-state index contributed by atoms with van der Waals surface area (Å²) in [5, 5.41) is 3.08. The molecule has 0 aliphatic carbocycles. The molecule has 0 aromatic carbocycles. The van der Waals surface area contributed by atoms with Crippen LogP contribution in [0.25, 0.3) is 0 Å². The van der Waals surface area contributed by atoms with Crippen LogP contribution in [-0.2, 0) is 0 Å². The minimum atomic E-state index is -0.158. The number of carbonyl (C=O) groups excluding carboxylic acids is 1. The number of hydrogen-bond acceptors (Lipinski definition) is 2. The molecule has 0 spiro atoms. The second-order valence-corrected chi connectivity index (χ2v) is 3.82. The first-order chi connectivity index (χ1) is 7.19. The van der Waals surface area contributed by atoms with Crippen LogP contribution in [-0.4, -0.2) is 11.9 Å². The molecule has 0 saturated heterocycles. The molecule has 0 fully saturated rings. The SMILES string of the molecule is CCCC(CC)NC(=O)c1ccoc1Cl. The van der Waals surface area contributed by atoms with Crippen LogP contribution in [0.1, 0.15) is 43.5 Å². The zero-order chi connectivity index (χ0) is 11.3. The maximum atomic E-state index is 11.7. The van der Waals surface area contributed by atoms with E-state index in [9.17, 15) is 4.79 Å². The Bertz CT molecular complexity index is 322. The summed E-state index contributed by atoms with van der Waals surface area (Å²) in [6.07, 6.45) is 4.38. The smallest absolute Gasteiger partial charge is 0.256 e. The van der Waals surface area contributed by atoms with Crippen molar-refractivity contribution >= 4 is 17.5 Å². The summed E-state index contributed by atoms with van der Waals surface area (Å²) in [5.41, 5.74) is 0.409. The van der Waals surface area contributed by atoms with E-state index >= 15 is 0 Å². The van der Waals surface area contributed by atoms with Gasteiger partial charge < -0.3 is 9.73 Å². The summed E-state index contributed by atoms with van der Waals surface area (Å²) in [5.74, 6) is -0.158. The van der Waals surface area contributed by atoms with Gasteiger partial charge in [-0.25, -0.2) is 0 Å². The molecule has 1 heterocycles. The number of amides is 1. The van der Waals surface area contributed by atoms with Crippen LogP contribution in [0, 0.1) is 0 Å². The summed E-state index contributed by atoms with van der Waals surface area (Å²) >= 11 is 5.71. The van der Waals surface area contributed by atoms with Crippen molar-refractivity contribution in [3.05, 3.63) is 23.1 Å². The average Bonchev–Trinajstić information content (AvgIpc) is 2.63. The highest BCUT2D eigenvalue weighted by atomic mass is 35.5. The number of rotatable bonds is 5. The Morgan fingerprint density at radius 2 is 2.33 bits per heavy atom. The molecule has 1 atom stereocenters. The number of nitrogens with one attached hydrogen (secondary N) is 1. The largest absolute Gasteiger partial charge is 0.452 e. The molecule has 15 heavy (non-hydrogen) atoms. The van der Waals surface area contributed by atoms with E-state index < -0.39 is 0 Å². The summed E-state index contributed by atoms with van der Waals surface area (Å²) in [7, 11) is 0. The Morgan fingerprint density at radius 3 is 2.80 bits per heavy atom. The third kappa shape index (κ3) is 3.27. The first-order valence-electron chi connectivity index (χ1n) is 5.22. The van der Waals surface area contributed by atoms with Crippen LogP contribution in [0.2, 0.25) is 5.22 Å². The van der Waals surface area contributed by atoms with Gasteiger partial charge >= 0.3 is 0 Å². The predicted molar refractivity (Wildman–Crippen MR) is 60.2 cm³/mol. The van der Waals surface area contributed by atoms with Gasteiger partial charge in [0.05, 0.1) is 11.8 Å². The number of carbonyl (C=O) groups is 1. The molecular formula is C11H16ClNO2. The van der Waals surface area contributed by atoms with Crippen molar-refractivity contribution in [2.45, 2.75) is 39.2 Å². The fraction of sp³-hybridized carbons (Fsp3) is 0.545. The molecule has 1 rings (SSSR count). The maximum Gasteiger partial charge on any atom is 0.256 e. The van der Waals surface area contributed by atoms with Crippen LogP contribution in [0.15, 0.2) is 16.7 Å². The van der Waals surface area contributed by atoms with Crippen LogP contribution in [0.5, 0.6) is 0 Å². The van der Waals surface area contributed by atoms with E-state index in [0.717, 1.165) is 19.3 Å². The molecule has 0 saturated carbocycles. The molecule has 1 N–H and O–H groups in total.